The van der Waals surface area contributed by atoms with Gasteiger partial charge in [0.15, 0.2) is 0 Å². The fourth-order valence-electron chi connectivity index (χ4n) is 1.33. The molecule has 86 valence electrons. The smallest absolute Gasteiger partial charge is 0.320 e. The molecular formula is C10H12N2O4. The Morgan fingerprint density at radius 3 is 2.69 bits per heavy atom. The number of aryl methyl sites for hydroxylation is 1. The van der Waals surface area contributed by atoms with Gasteiger partial charge < -0.3 is 10.8 Å². The van der Waals surface area contributed by atoms with Crippen molar-refractivity contribution in [3.63, 3.8) is 0 Å². The van der Waals surface area contributed by atoms with Crippen LogP contribution in [0.15, 0.2) is 24.3 Å². The van der Waals surface area contributed by atoms with Crippen LogP contribution < -0.4 is 5.73 Å². The first-order valence-electron chi connectivity index (χ1n) is 4.73. The van der Waals surface area contributed by atoms with Gasteiger partial charge in [0.25, 0.3) is 5.69 Å². The maximum atomic E-state index is 10.7. The van der Waals surface area contributed by atoms with Crippen molar-refractivity contribution in [2.75, 3.05) is 0 Å². The van der Waals surface area contributed by atoms with Gasteiger partial charge in [-0.2, -0.15) is 0 Å². The Labute approximate surface area is 91.8 Å². The number of benzene rings is 1. The second kappa shape index (κ2) is 5.22. The summed E-state index contributed by atoms with van der Waals surface area (Å²) in [6, 6.07) is 5.25. The first-order valence-corrected chi connectivity index (χ1v) is 4.73. The Kier molecular flexibility index (Phi) is 3.96. The largest absolute Gasteiger partial charge is 0.480 e. The van der Waals surface area contributed by atoms with Crippen molar-refractivity contribution in [3.05, 3.63) is 39.9 Å². The number of para-hydroxylation sites is 1. The predicted molar refractivity (Wildman–Crippen MR) is 57.0 cm³/mol. The van der Waals surface area contributed by atoms with E-state index >= 15 is 0 Å². The molecular weight excluding hydrogens is 212 g/mol. The molecule has 0 spiro atoms. The van der Waals surface area contributed by atoms with E-state index in [0.29, 0.717) is 5.56 Å². The van der Waals surface area contributed by atoms with Crippen molar-refractivity contribution in [1.82, 2.24) is 0 Å². The van der Waals surface area contributed by atoms with Crippen molar-refractivity contribution in [1.29, 1.82) is 0 Å². The molecule has 0 heterocycles. The summed E-state index contributed by atoms with van der Waals surface area (Å²) in [5, 5.41) is 19.2. The summed E-state index contributed by atoms with van der Waals surface area (Å²) in [6.45, 7) is 0. The Morgan fingerprint density at radius 1 is 1.50 bits per heavy atom. The average molecular weight is 224 g/mol. The Morgan fingerprint density at radius 2 is 2.12 bits per heavy atom. The lowest BCUT2D eigenvalue weighted by molar-refractivity contribution is -0.385. The number of carboxylic acid groups (broad SMARTS) is 1. The van der Waals surface area contributed by atoms with E-state index in [1.54, 1.807) is 18.2 Å². The number of hydrogen-bond donors (Lipinski definition) is 2. The van der Waals surface area contributed by atoms with Gasteiger partial charge >= 0.3 is 5.97 Å². The van der Waals surface area contributed by atoms with Gasteiger partial charge in [0.1, 0.15) is 6.04 Å². The van der Waals surface area contributed by atoms with Crippen molar-refractivity contribution >= 4 is 11.7 Å². The maximum Gasteiger partial charge on any atom is 0.320 e. The lowest BCUT2D eigenvalue weighted by atomic mass is 10.0. The van der Waals surface area contributed by atoms with Gasteiger partial charge in [-0.3, -0.25) is 14.9 Å². The molecule has 0 bridgehead atoms. The summed E-state index contributed by atoms with van der Waals surface area (Å²) in [5.74, 6) is -1.10. The second-order valence-corrected chi connectivity index (χ2v) is 3.37. The first kappa shape index (κ1) is 12.1. The third-order valence-corrected chi connectivity index (χ3v) is 2.23. The lowest BCUT2D eigenvalue weighted by Gasteiger charge is -2.06. The number of hydrogen-bond acceptors (Lipinski definition) is 4. The van der Waals surface area contributed by atoms with Crippen LogP contribution in [0.5, 0.6) is 0 Å². The maximum absolute atomic E-state index is 10.7. The average Bonchev–Trinajstić information content (AvgIpc) is 2.25. The zero-order valence-corrected chi connectivity index (χ0v) is 8.50. The fraction of sp³-hybridized carbons (Fsp3) is 0.300. The highest BCUT2D eigenvalue weighted by molar-refractivity contribution is 5.73. The molecule has 3 N–H and O–H groups in total. The van der Waals surface area contributed by atoms with E-state index in [9.17, 15) is 14.9 Å². The Hall–Kier alpha value is -1.95. The summed E-state index contributed by atoms with van der Waals surface area (Å²) < 4.78 is 0. The van der Waals surface area contributed by atoms with Gasteiger partial charge in [-0.15, -0.1) is 0 Å². The van der Waals surface area contributed by atoms with Gasteiger partial charge in [-0.05, 0) is 12.8 Å². The summed E-state index contributed by atoms with van der Waals surface area (Å²) >= 11 is 0. The van der Waals surface area contributed by atoms with Crippen molar-refractivity contribution in [2.24, 2.45) is 5.73 Å². The third-order valence-electron chi connectivity index (χ3n) is 2.23. The molecule has 0 fully saturated rings. The monoisotopic (exact) mass is 224 g/mol. The summed E-state index contributed by atoms with van der Waals surface area (Å²) in [7, 11) is 0. The molecule has 0 aliphatic carbocycles. The SMILES string of the molecule is NC(CCc1ccccc1[N+](=O)[O-])C(=O)O. The number of aliphatic carboxylic acids is 1. The number of rotatable bonds is 5. The number of nitrogens with two attached hydrogens (primary N) is 1. The van der Waals surface area contributed by atoms with Crippen LogP contribution in [0.25, 0.3) is 0 Å². The molecule has 0 aliphatic heterocycles. The normalized spacial score (nSPS) is 12.1. The minimum absolute atomic E-state index is 0.0000822. The second-order valence-electron chi connectivity index (χ2n) is 3.37. The molecule has 0 aromatic heterocycles. The van der Waals surface area contributed by atoms with Crippen LogP contribution >= 0.6 is 0 Å². The molecule has 0 aliphatic rings. The van der Waals surface area contributed by atoms with Crippen LogP contribution in [0, 0.1) is 10.1 Å². The molecule has 6 heteroatoms. The highest BCUT2D eigenvalue weighted by Gasteiger charge is 2.16. The van der Waals surface area contributed by atoms with Gasteiger partial charge in [0, 0.05) is 11.6 Å². The van der Waals surface area contributed by atoms with E-state index in [1.807, 2.05) is 0 Å². The third kappa shape index (κ3) is 3.03. The van der Waals surface area contributed by atoms with Gasteiger partial charge in [-0.25, -0.2) is 0 Å². The van der Waals surface area contributed by atoms with E-state index in [4.69, 9.17) is 10.8 Å². The highest BCUT2D eigenvalue weighted by Crippen LogP contribution is 2.19. The Balaban J connectivity index is 2.74. The van der Waals surface area contributed by atoms with E-state index in [0.717, 1.165) is 0 Å². The fourth-order valence-corrected chi connectivity index (χ4v) is 1.33. The quantitative estimate of drug-likeness (QED) is 0.571. The van der Waals surface area contributed by atoms with Crippen LogP contribution in [0.3, 0.4) is 0 Å². The van der Waals surface area contributed by atoms with Crippen LogP contribution in [0.2, 0.25) is 0 Å². The topological polar surface area (TPSA) is 106 Å². The minimum Gasteiger partial charge on any atom is -0.480 e. The molecule has 1 rings (SSSR count). The van der Waals surface area contributed by atoms with Crippen molar-refractivity contribution < 1.29 is 14.8 Å². The number of nitro groups is 1. The standard InChI is InChI=1S/C10H12N2O4/c11-8(10(13)14)6-5-7-3-1-2-4-9(7)12(15)16/h1-4,8H,5-6,11H2,(H,13,14). The van der Waals surface area contributed by atoms with Gasteiger partial charge in [0.2, 0.25) is 0 Å². The molecule has 0 saturated heterocycles. The molecule has 1 aromatic rings. The summed E-state index contributed by atoms with van der Waals surface area (Å²) in [4.78, 5) is 20.7. The van der Waals surface area contributed by atoms with Gasteiger partial charge in [-0.1, -0.05) is 18.2 Å². The molecule has 1 atom stereocenters. The molecule has 1 unspecified atom stereocenters. The molecule has 0 amide bonds. The lowest BCUT2D eigenvalue weighted by Crippen LogP contribution is -2.30. The summed E-state index contributed by atoms with van der Waals surface area (Å²) in [6.07, 6.45) is 0.463. The van der Waals surface area contributed by atoms with Crippen LogP contribution in [0.1, 0.15) is 12.0 Å². The van der Waals surface area contributed by atoms with Gasteiger partial charge in [0.05, 0.1) is 4.92 Å². The van der Waals surface area contributed by atoms with E-state index < -0.39 is 16.9 Å². The molecule has 6 nitrogen and oxygen atoms in total. The minimum atomic E-state index is -1.10. The first-order chi connectivity index (χ1) is 7.52. The number of nitrogens with zero attached hydrogens (tertiary/aromatic N) is 1. The Bertz CT molecular complexity index is 406. The van der Waals surface area contributed by atoms with Crippen molar-refractivity contribution in [3.8, 4) is 0 Å². The predicted octanol–water partition coefficient (Wildman–Crippen LogP) is 0.939. The van der Waals surface area contributed by atoms with Crippen molar-refractivity contribution in [2.45, 2.75) is 18.9 Å². The zero-order valence-electron chi connectivity index (χ0n) is 8.50. The van der Waals surface area contributed by atoms with Crippen LogP contribution in [0.4, 0.5) is 5.69 Å². The number of carbonyl (C=O) groups is 1. The van der Waals surface area contributed by atoms with Crippen LogP contribution in [-0.4, -0.2) is 22.0 Å². The molecule has 1 aromatic carbocycles. The zero-order chi connectivity index (χ0) is 12.1. The van der Waals surface area contributed by atoms with E-state index in [2.05, 4.69) is 0 Å². The molecule has 0 saturated carbocycles. The summed E-state index contributed by atoms with van der Waals surface area (Å²) in [5.41, 5.74) is 5.83. The molecule has 16 heavy (non-hydrogen) atoms. The molecule has 0 radical (unpaired) electrons. The van der Waals surface area contributed by atoms with Crippen LogP contribution in [-0.2, 0) is 11.2 Å². The number of nitro benzene ring substituents is 1. The van der Waals surface area contributed by atoms with E-state index in [1.165, 1.54) is 6.07 Å². The van der Waals surface area contributed by atoms with E-state index in [-0.39, 0.29) is 18.5 Å². The highest BCUT2D eigenvalue weighted by atomic mass is 16.6. The number of carboxylic acids is 1.